The third-order valence-electron chi connectivity index (χ3n) is 10.4. The number of carbonyl (C=O) groups excluding carboxylic acids is 1. The van der Waals surface area contributed by atoms with Gasteiger partial charge in [-0.3, -0.25) is 9.59 Å². The van der Waals surface area contributed by atoms with E-state index in [4.69, 9.17) is 4.74 Å². The van der Waals surface area contributed by atoms with E-state index in [-0.39, 0.29) is 31.8 Å². The molecule has 4 heteroatoms. The zero-order valence-electron chi connectivity index (χ0n) is 24.2. The first kappa shape index (κ1) is 34.0. The molecule has 0 heterocycles. The fourth-order valence-electron chi connectivity index (χ4n) is 9.18. The van der Waals surface area contributed by atoms with Crippen molar-refractivity contribution in [2.75, 3.05) is 0 Å². The number of rotatable bonds is 6. The highest BCUT2D eigenvalue weighted by molar-refractivity contribution is 5.78. The van der Waals surface area contributed by atoms with E-state index in [0.29, 0.717) is 17.8 Å². The molecule has 1 N–H and O–H groups in total. The van der Waals surface area contributed by atoms with Crippen molar-refractivity contribution >= 4 is 11.9 Å². The predicted molar refractivity (Wildman–Crippen MR) is 155 cm³/mol. The van der Waals surface area contributed by atoms with Crippen LogP contribution in [0.2, 0.25) is 0 Å². The Morgan fingerprint density at radius 2 is 1.49 bits per heavy atom. The fraction of sp³-hybridized carbons (Fsp3) is 0.939. The molecule has 0 saturated heterocycles. The van der Waals surface area contributed by atoms with Crippen LogP contribution in [0.25, 0.3) is 0 Å². The molecule has 0 aromatic carbocycles. The molecular weight excluding hydrogens is 460 g/mol. The molecule has 0 aliphatic heterocycles. The summed E-state index contributed by atoms with van der Waals surface area (Å²) in [7, 11) is 0. The van der Waals surface area contributed by atoms with Crippen LogP contribution < -0.4 is 0 Å². The van der Waals surface area contributed by atoms with Gasteiger partial charge in [-0.1, -0.05) is 61.8 Å². The first-order chi connectivity index (χ1) is 16.2. The van der Waals surface area contributed by atoms with Crippen LogP contribution in [0.3, 0.4) is 0 Å². The summed E-state index contributed by atoms with van der Waals surface area (Å²) in [6, 6.07) is 0. The predicted octanol–water partition coefficient (Wildman–Crippen LogP) is 9.26. The van der Waals surface area contributed by atoms with Gasteiger partial charge in [0.1, 0.15) is 5.60 Å². The molecule has 0 aromatic heterocycles. The van der Waals surface area contributed by atoms with Crippen LogP contribution >= 0.6 is 0 Å². The van der Waals surface area contributed by atoms with Gasteiger partial charge >= 0.3 is 11.9 Å². The second kappa shape index (κ2) is 12.4. The van der Waals surface area contributed by atoms with E-state index in [1.807, 2.05) is 27.7 Å². The van der Waals surface area contributed by atoms with Gasteiger partial charge in [0.15, 0.2) is 0 Å². The van der Waals surface area contributed by atoms with E-state index in [1.54, 1.807) is 0 Å². The van der Waals surface area contributed by atoms with Gasteiger partial charge in [0.05, 0.1) is 10.8 Å². The van der Waals surface area contributed by atoms with Gasteiger partial charge in [-0.2, -0.15) is 0 Å². The van der Waals surface area contributed by atoms with Gasteiger partial charge in [0.25, 0.3) is 0 Å². The molecule has 10 unspecified atom stereocenters. The van der Waals surface area contributed by atoms with Crippen molar-refractivity contribution in [3.8, 4) is 0 Å². The molecule has 37 heavy (non-hydrogen) atoms. The number of aliphatic carboxylic acids is 1. The molecule has 0 radical (unpaired) electrons. The van der Waals surface area contributed by atoms with E-state index in [9.17, 15) is 14.7 Å². The molecule has 2 bridgehead atoms. The van der Waals surface area contributed by atoms with Crippen LogP contribution in [-0.2, 0) is 14.3 Å². The van der Waals surface area contributed by atoms with Crippen molar-refractivity contribution in [1.82, 2.24) is 0 Å². The Morgan fingerprint density at radius 1 is 0.892 bits per heavy atom. The molecule has 0 aromatic rings. The second-order valence-electron chi connectivity index (χ2n) is 14.4. The number of carbonyl (C=O) groups is 2. The highest BCUT2D eigenvalue weighted by Crippen LogP contribution is 2.69. The molecule has 10 atom stereocenters. The Kier molecular flexibility index (Phi) is 11.4. The Balaban J connectivity index is 0.000000396. The lowest BCUT2D eigenvalue weighted by Crippen LogP contribution is -2.44. The number of ether oxygens (including phenoxy) is 1. The van der Waals surface area contributed by atoms with Gasteiger partial charge in [0, 0.05) is 0 Å². The third-order valence-corrected chi connectivity index (χ3v) is 10.4. The zero-order valence-corrected chi connectivity index (χ0v) is 24.2. The summed E-state index contributed by atoms with van der Waals surface area (Å²) in [5.74, 6) is 5.16. The molecule has 4 aliphatic rings. The van der Waals surface area contributed by atoms with Crippen molar-refractivity contribution in [2.45, 2.75) is 141 Å². The molecule has 218 valence electrons. The second-order valence-corrected chi connectivity index (χ2v) is 14.4. The fourth-order valence-corrected chi connectivity index (χ4v) is 9.18. The molecule has 0 spiro atoms. The molecule has 4 aliphatic carbocycles. The first-order valence-electron chi connectivity index (χ1n) is 14.6. The van der Waals surface area contributed by atoms with E-state index < -0.39 is 11.4 Å². The monoisotopic (exact) mass is 522 g/mol. The minimum Gasteiger partial charge on any atom is -0.481 e. The van der Waals surface area contributed by atoms with Crippen LogP contribution in [0.5, 0.6) is 0 Å². The van der Waals surface area contributed by atoms with Gasteiger partial charge < -0.3 is 9.84 Å². The average Bonchev–Trinajstić information content (AvgIpc) is 3.43. The van der Waals surface area contributed by atoms with Crippen LogP contribution in [0.15, 0.2) is 0 Å². The van der Waals surface area contributed by atoms with Gasteiger partial charge in [-0.25, -0.2) is 0 Å². The highest BCUT2D eigenvalue weighted by atomic mass is 16.6. The Morgan fingerprint density at radius 3 is 2.00 bits per heavy atom. The molecule has 0 amide bonds. The molecule has 4 saturated carbocycles. The lowest BCUT2D eigenvalue weighted by atomic mass is 9.63. The maximum absolute atomic E-state index is 12.9. The molecule has 4 fully saturated rings. The van der Waals surface area contributed by atoms with Crippen molar-refractivity contribution in [3.05, 3.63) is 0 Å². The quantitative estimate of drug-likeness (QED) is 0.353. The number of hydrogen-bond acceptors (Lipinski definition) is 3. The Hall–Kier alpha value is -1.06. The normalized spacial score (nSPS) is 41.6. The number of carboxylic acids is 1. The van der Waals surface area contributed by atoms with Crippen LogP contribution in [0.1, 0.15) is 135 Å². The largest absolute Gasteiger partial charge is 0.481 e. The van der Waals surface area contributed by atoms with Gasteiger partial charge in [-0.05, 0) is 120 Å². The molecular formula is C33H62O4. The number of esters is 1. The maximum Gasteiger partial charge on any atom is 0.312 e. The SMILES string of the molecule is C.C.CCCC1CC(C)C2C3CC(C12)C(C)(C(=O)OC(C)(C)C)C3.CCCC1CC(C)CC1(C)C(=O)O. The summed E-state index contributed by atoms with van der Waals surface area (Å²) in [5, 5.41) is 9.19. The summed E-state index contributed by atoms with van der Waals surface area (Å²) in [4.78, 5) is 24.0. The summed E-state index contributed by atoms with van der Waals surface area (Å²) >= 11 is 0. The Bertz CT molecular complexity index is 769. The maximum atomic E-state index is 12.9. The third kappa shape index (κ3) is 6.57. The van der Waals surface area contributed by atoms with Crippen molar-refractivity contribution in [3.63, 3.8) is 0 Å². The summed E-state index contributed by atoms with van der Waals surface area (Å²) in [5.41, 5.74) is -1.04. The minimum atomic E-state index is -0.602. The summed E-state index contributed by atoms with van der Waals surface area (Å²) in [6.45, 7) is 19.1. The lowest BCUT2D eigenvalue weighted by molar-refractivity contribution is -0.172. The first-order valence-corrected chi connectivity index (χ1v) is 14.6. The highest BCUT2D eigenvalue weighted by Gasteiger charge is 2.66. The van der Waals surface area contributed by atoms with Crippen molar-refractivity contribution < 1.29 is 19.4 Å². The number of hydrogen-bond donors (Lipinski definition) is 1. The van der Waals surface area contributed by atoms with Gasteiger partial charge in [-0.15, -0.1) is 0 Å². The van der Waals surface area contributed by atoms with Crippen molar-refractivity contribution in [1.29, 1.82) is 0 Å². The molecule has 4 nitrogen and oxygen atoms in total. The van der Waals surface area contributed by atoms with Gasteiger partial charge in [0.2, 0.25) is 0 Å². The van der Waals surface area contributed by atoms with Crippen LogP contribution in [0.4, 0.5) is 0 Å². The Labute approximate surface area is 230 Å². The summed E-state index contributed by atoms with van der Waals surface area (Å²) < 4.78 is 5.81. The number of fused-ring (bicyclic) bond motifs is 5. The average molecular weight is 523 g/mol. The minimum absolute atomic E-state index is 0. The lowest BCUT2D eigenvalue weighted by Gasteiger charge is -2.42. The van der Waals surface area contributed by atoms with E-state index >= 15 is 0 Å². The van der Waals surface area contributed by atoms with Crippen LogP contribution in [0, 0.1) is 58.2 Å². The van der Waals surface area contributed by atoms with E-state index in [1.165, 1.54) is 25.7 Å². The van der Waals surface area contributed by atoms with E-state index in [0.717, 1.165) is 61.7 Å². The smallest absolute Gasteiger partial charge is 0.312 e. The summed E-state index contributed by atoms with van der Waals surface area (Å²) in [6.07, 6.45) is 10.5. The van der Waals surface area contributed by atoms with Crippen molar-refractivity contribution in [2.24, 2.45) is 58.2 Å². The van der Waals surface area contributed by atoms with E-state index in [2.05, 4.69) is 34.6 Å². The zero-order chi connectivity index (χ0) is 26.3. The van der Waals surface area contributed by atoms with Crippen LogP contribution in [-0.4, -0.2) is 22.6 Å². The standard InChI is InChI=1S/C20H34O2.C11H20O2.2CH4/c1-7-8-13-9-12(2)16-14-10-15(17(13)16)20(6,11-14)18(21)22-19(3,4)5;1-4-5-9-6-8(2)7-11(9,3)10(12)13;;/h12-17H,7-11H2,1-6H3;8-9H,4-7H2,1-3H3,(H,12,13);2*1H4. The topological polar surface area (TPSA) is 63.6 Å². The molecule has 4 rings (SSSR count). The number of carboxylic acid groups (broad SMARTS) is 1.